The molecule has 2 fully saturated rings. The number of aromatic nitrogens is 3. The summed E-state index contributed by atoms with van der Waals surface area (Å²) in [4.78, 5) is 14.2. The quantitative estimate of drug-likeness (QED) is 0.675. The lowest BCUT2D eigenvalue weighted by Gasteiger charge is -2.28. The van der Waals surface area contributed by atoms with E-state index >= 15 is 0 Å². The summed E-state index contributed by atoms with van der Waals surface area (Å²) < 4.78 is 14.4. The van der Waals surface area contributed by atoms with E-state index in [1.165, 1.54) is 12.8 Å². The highest BCUT2D eigenvalue weighted by molar-refractivity contribution is 9.10. The third kappa shape index (κ3) is 4.26. The van der Waals surface area contributed by atoms with E-state index in [0.29, 0.717) is 13.2 Å². The van der Waals surface area contributed by atoms with Crippen LogP contribution in [-0.2, 0) is 11.3 Å². The van der Waals surface area contributed by atoms with Crippen LogP contribution in [0.5, 0.6) is 5.75 Å². The van der Waals surface area contributed by atoms with Crippen LogP contribution < -0.4 is 4.74 Å². The molecule has 152 valence electrons. The molecule has 1 saturated heterocycles. The van der Waals surface area contributed by atoms with Crippen molar-refractivity contribution >= 4 is 33.1 Å². The molecule has 1 amide bonds. The fourth-order valence-corrected chi connectivity index (χ4v) is 4.06. The molecule has 2 heterocycles. The lowest BCUT2D eigenvalue weighted by Crippen LogP contribution is -2.42. The Labute approximate surface area is 173 Å². The van der Waals surface area contributed by atoms with Crippen molar-refractivity contribution < 1.29 is 14.3 Å². The maximum atomic E-state index is 12.4. The molecule has 1 aromatic carbocycles. The number of ether oxygens (including phenoxy) is 2. The summed E-state index contributed by atoms with van der Waals surface area (Å²) >= 11 is 3.62. The zero-order valence-electron chi connectivity index (χ0n) is 16.7. The van der Waals surface area contributed by atoms with Gasteiger partial charge in [-0.15, -0.1) is 5.10 Å². The van der Waals surface area contributed by atoms with Gasteiger partial charge in [0, 0.05) is 13.1 Å². The van der Waals surface area contributed by atoms with E-state index in [2.05, 4.69) is 26.2 Å². The molecule has 4 rings (SSSR count). The number of likely N-dealkylation sites (tertiary alicyclic amines) is 1. The third-order valence-electron chi connectivity index (χ3n) is 5.15. The van der Waals surface area contributed by atoms with Crippen molar-refractivity contribution in [3.63, 3.8) is 0 Å². The second-order valence-electron chi connectivity index (χ2n) is 8.74. The Morgan fingerprint density at radius 1 is 1.29 bits per heavy atom. The van der Waals surface area contributed by atoms with Crippen molar-refractivity contribution in [3.8, 4) is 5.75 Å². The highest BCUT2D eigenvalue weighted by atomic mass is 79.9. The average molecular weight is 451 g/mol. The van der Waals surface area contributed by atoms with Crippen molar-refractivity contribution in [1.29, 1.82) is 0 Å². The maximum Gasteiger partial charge on any atom is 0.410 e. The Kier molecular flexibility index (Phi) is 5.24. The van der Waals surface area contributed by atoms with E-state index in [4.69, 9.17) is 9.47 Å². The predicted octanol–water partition coefficient (Wildman–Crippen LogP) is 4.38. The Morgan fingerprint density at radius 2 is 2.07 bits per heavy atom. The molecule has 1 atom stereocenters. The topological polar surface area (TPSA) is 69.5 Å². The Bertz CT molecular complexity index is 872. The molecule has 0 unspecified atom stereocenters. The van der Waals surface area contributed by atoms with Crippen LogP contribution in [0.1, 0.15) is 46.5 Å². The van der Waals surface area contributed by atoms with E-state index in [-0.39, 0.29) is 12.1 Å². The number of rotatable bonds is 5. The monoisotopic (exact) mass is 450 g/mol. The van der Waals surface area contributed by atoms with Crippen LogP contribution in [0.3, 0.4) is 0 Å². The summed E-state index contributed by atoms with van der Waals surface area (Å²) in [6.45, 7) is 7.72. The zero-order valence-corrected chi connectivity index (χ0v) is 18.2. The molecule has 1 aliphatic heterocycles. The van der Waals surface area contributed by atoms with E-state index in [0.717, 1.165) is 46.6 Å². The molecule has 0 spiro atoms. The summed E-state index contributed by atoms with van der Waals surface area (Å²) in [6.07, 6.45) is 4.16. The molecule has 0 bridgehead atoms. The smallest absolute Gasteiger partial charge is 0.410 e. The van der Waals surface area contributed by atoms with Gasteiger partial charge in [0.2, 0.25) is 0 Å². The lowest BCUT2D eigenvalue weighted by atomic mass is 10.2. The second-order valence-corrected chi connectivity index (χ2v) is 9.53. The lowest BCUT2D eigenvalue weighted by molar-refractivity contribution is 0.0187. The minimum atomic E-state index is -0.495. The van der Waals surface area contributed by atoms with Crippen LogP contribution in [0.15, 0.2) is 16.6 Å². The zero-order chi connectivity index (χ0) is 19.9. The maximum absolute atomic E-state index is 12.4. The molecule has 1 aromatic heterocycles. The number of hydrogen-bond acceptors (Lipinski definition) is 5. The van der Waals surface area contributed by atoms with E-state index < -0.39 is 5.60 Å². The van der Waals surface area contributed by atoms with Crippen molar-refractivity contribution in [2.24, 2.45) is 5.92 Å². The number of halogens is 1. The van der Waals surface area contributed by atoms with Crippen LogP contribution >= 0.6 is 15.9 Å². The molecular weight excluding hydrogens is 424 g/mol. The number of carbonyl (C=O) groups excluding carboxylic acids is 1. The van der Waals surface area contributed by atoms with Gasteiger partial charge in [0.1, 0.15) is 23.5 Å². The molecule has 28 heavy (non-hydrogen) atoms. The molecular formula is C20H27BrN4O3. The molecule has 0 radical (unpaired) electrons. The van der Waals surface area contributed by atoms with Gasteiger partial charge in [-0.2, -0.15) is 0 Å². The first-order chi connectivity index (χ1) is 13.3. The van der Waals surface area contributed by atoms with Gasteiger partial charge in [-0.25, -0.2) is 9.48 Å². The van der Waals surface area contributed by atoms with Crippen LogP contribution in [0.4, 0.5) is 4.79 Å². The van der Waals surface area contributed by atoms with Gasteiger partial charge in [0.15, 0.2) is 0 Å². The van der Waals surface area contributed by atoms with Crippen LogP contribution in [0, 0.1) is 5.92 Å². The van der Waals surface area contributed by atoms with Gasteiger partial charge >= 0.3 is 6.09 Å². The van der Waals surface area contributed by atoms with Gasteiger partial charge in [-0.1, -0.05) is 5.21 Å². The fourth-order valence-electron chi connectivity index (χ4n) is 3.53. The minimum absolute atomic E-state index is 0.0167. The molecule has 2 aromatic rings. The number of carbonyl (C=O) groups is 1. The summed E-state index contributed by atoms with van der Waals surface area (Å²) in [7, 11) is 0. The Hall–Kier alpha value is -1.83. The summed E-state index contributed by atoms with van der Waals surface area (Å²) in [5.74, 6) is 1.46. The first kappa shape index (κ1) is 19.5. The number of fused-ring (bicyclic) bond motifs is 1. The summed E-state index contributed by atoms with van der Waals surface area (Å²) in [5, 5.41) is 8.62. The van der Waals surface area contributed by atoms with Crippen molar-refractivity contribution in [1.82, 2.24) is 19.9 Å². The van der Waals surface area contributed by atoms with Crippen molar-refractivity contribution in [3.05, 3.63) is 16.6 Å². The molecule has 1 saturated carbocycles. The number of nitrogens with zero attached hydrogens (tertiary/aromatic N) is 4. The molecule has 1 aliphatic carbocycles. The van der Waals surface area contributed by atoms with E-state index in [9.17, 15) is 4.79 Å². The fraction of sp³-hybridized carbons (Fsp3) is 0.650. The minimum Gasteiger partial charge on any atom is -0.490 e. The number of hydrogen-bond donors (Lipinski definition) is 0. The SMILES string of the molecule is CC(C)(C)OC(=O)N1CCC[C@H]1COc1ccc2c(nnn2CC2CC2)c1Br. The van der Waals surface area contributed by atoms with Crippen LogP contribution in [0.25, 0.3) is 11.0 Å². The Morgan fingerprint density at radius 3 is 2.79 bits per heavy atom. The first-order valence-corrected chi connectivity index (χ1v) is 10.8. The average Bonchev–Trinajstić information content (AvgIpc) is 3.14. The van der Waals surface area contributed by atoms with Crippen LogP contribution in [-0.4, -0.2) is 50.8 Å². The van der Waals surface area contributed by atoms with E-state index in [1.807, 2.05) is 37.6 Å². The van der Waals surface area contributed by atoms with Gasteiger partial charge in [-0.05, 0) is 80.4 Å². The van der Waals surface area contributed by atoms with Crippen LogP contribution in [0.2, 0.25) is 0 Å². The normalized spacial score (nSPS) is 20.0. The van der Waals surface area contributed by atoms with Crippen molar-refractivity contribution in [2.75, 3.05) is 13.2 Å². The highest BCUT2D eigenvalue weighted by Gasteiger charge is 2.33. The molecule has 7 nitrogen and oxygen atoms in total. The first-order valence-electron chi connectivity index (χ1n) is 9.96. The van der Waals surface area contributed by atoms with Crippen molar-refractivity contribution in [2.45, 2.75) is 64.6 Å². The number of amides is 1. The standard InChI is InChI=1S/C20H27BrN4O3/c1-20(2,3)28-19(26)24-10-4-5-14(24)12-27-16-9-8-15-18(17(16)21)22-23-25(15)11-13-6-7-13/h8-9,13-14H,4-7,10-12H2,1-3H3/t14-/m0/s1. The second kappa shape index (κ2) is 7.54. The molecule has 0 N–H and O–H groups in total. The molecule has 2 aliphatic rings. The number of benzene rings is 1. The highest BCUT2D eigenvalue weighted by Crippen LogP contribution is 2.35. The van der Waals surface area contributed by atoms with Gasteiger partial charge < -0.3 is 14.4 Å². The largest absolute Gasteiger partial charge is 0.490 e. The predicted molar refractivity (Wildman–Crippen MR) is 109 cm³/mol. The van der Waals surface area contributed by atoms with E-state index in [1.54, 1.807) is 4.90 Å². The van der Waals surface area contributed by atoms with Gasteiger partial charge in [-0.3, -0.25) is 0 Å². The summed E-state index contributed by atoms with van der Waals surface area (Å²) in [6, 6.07) is 3.98. The molecule has 8 heteroatoms. The Balaban J connectivity index is 1.43. The third-order valence-corrected chi connectivity index (χ3v) is 5.92. The van der Waals surface area contributed by atoms with Gasteiger partial charge in [0.25, 0.3) is 0 Å². The van der Waals surface area contributed by atoms with Gasteiger partial charge in [0.05, 0.1) is 16.0 Å². The summed E-state index contributed by atoms with van der Waals surface area (Å²) in [5.41, 5.74) is 1.33.